The van der Waals surface area contributed by atoms with Crippen molar-refractivity contribution in [3.8, 4) is 11.5 Å². The number of aromatic nitrogens is 1. The van der Waals surface area contributed by atoms with E-state index in [9.17, 15) is 0 Å². The molecule has 3 heteroatoms. The zero-order valence-corrected chi connectivity index (χ0v) is 14.7. The lowest BCUT2D eigenvalue weighted by molar-refractivity contribution is 0.241. The minimum atomic E-state index is 0.599. The number of oxazole rings is 1. The van der Waals surface area contributed by atoms with Crippen LogP contribution in [0.3, 0.4) is 0 Å². The molecule has 3 nitrogen and oxygen atoms in total. The summed E-state index contributed by atoms with van der Waals surface area (Å²) in [5.41, 5.74) is 4.73. The quantitative estimate of drug-likeness (QED) is 0.668. The van der Waals surface area contributed by atoms with E-state index >= 15 is 0 Å². The van der Waals surface area contributed by atoms with E-state index < -0.39 is 0 Å². The lowest BCUT2D eigenvalue weighted by atomic mass is 10.0. The van der Waals surface area contributed by atoms with E-state index in [-0.39, 0.29) is 0 Å². The normalized spacial score (nSPS) is 17.9. The Bertz CT molecular complexity index is 808. The summed E-state index contributed by atoms with van der Waals surface area (Å²) in [6.07, 6.45) is 5.45. The Balaban J connectivity index is 1.43. The van der Waals surface area contributed by atoms with Gasteiger partial charge in [-0.05, 0) is 50.4 Å². The SMILES string of the molecule is Cc1ccc(-c2nc(CN3CCC[C@H]3Cc3ccccc3)co2)cc1. The lowest BCUT2D eigenvalue weighted by Crippen LogP contribution is -2.30. The van der Waals surface area contributed by atoms with Gasteiger partial charge in [-0.3, -0.25) is 4.90 Å². The molecule has 1 aromatic heterocycles. The van der Waals surface area contributed by atoms with Gasteiger partial charge in [-0.25, -0.2) is 4.98 Å². The predicted molar refractivity (Wildman–Crippen MR) is 100 cm³/mol. The summed E-state index contributed by atoms with van der Waals surface area (Å²) in [6.45, 7) is 4.10. The van der Waals surface area contributed by atoms with E-state index in [4.69, 9.17) is 9.40 Å². The van der Waals surface area contributed by atoms with E-state index in [1.807, 2.05) is 6.26 Å². The van der Waals surface area contributed by atoms with Crippen molar-refractivity contribution in [1.82, 2.24) is 9.88 Å². The summed E-state index contributed by atoms with van der Waals surface area (Å²) in [4.78, 5) is 7.25. The smallest absolute Gasteiger partial charge is 0.226 e. The molecule has 0 amide bonds. The van der Waals surface area contributed by atoms with Crippen LogP contribution in [0.4, 0.5) is 0 Å². The maximum absolute atomic E-state index is 5.72. The number of aryl methyl sites for hydroxylation is 1. The molecule has 0 aliphatic carbocycles. The summed E-state index contributed by atoms with van der Waals surface area (Å²) >= 11 is 0. The van der Waals surface area contributed by atoms with Crippen LogP contribution in [0.15, 0.2) is 65.3 Å². The van der Waals surface area contributed by atoms with Gasteiger partial charge >= 0.3 is 0 Å². The molecular weight excluding hydrogens is 308 g/mol. The molecule has 0 unspecified atom stereocenters. The number of nitrogens with zero attached hydrogens (tertiary/aromatic N) is 2. The van der Waals surface area contributed by atoms with Crippen LogP contribution in [-0.4, -0.2) is 22.5 Å². The van der Waals surface area contributed by atoms with Crippen LogP contribution in [-0.2, 0) is 13.0 Å². The minimum absolute atomic E-state index is 0.599. The summed E-state index contributed by atoms with van der Waals surface area (Å²) < 4.78 is 5.72. The maximum atomic E-state index is 5.72. The number of hydrogen-bond donors (Lipinski definition) is 0. The van der Waals surface area contributed by atoms with Gasteiger partial charge in [-0.2, -0.15) is 0 Å². The van der Waals surface area contributed by atoms with Crippen molar-refractivity contribution in [2.75, 3.05) is 6.54 Å². The van der Waals surface area contributed by atoms with Crippen molar-refractivity contribution in [3.63, 3.8) is 0 Å². The Labute approximate surface area is 149 Å². The van der Waals surface area contributed by atoms with Gasteiger partial charge in [-0.1, -0.05) is 48.0 Å². The first kappa shape index (κ1) is 16.1. The molecule has 1 saturated heterocycles. The Morgan fingerprint density at radius 3 is 2.68 bits per heavy atom. The van der Waals surface area contributed by atoms with Crippen LogP contribution in [0, 0.1) is 6.92 Å². The molecule has 2 heterocycles. The first-order chi connectivity index (χ1) is 12.3. The van der Waals surface area contributed by atoms with Crippen molar-refractivity contribution >= 4 is 0 Å². The third kappa shape index (κ3) is 3.83. The maximum Gasteiger partial charge on any atom is 0.226 e. The van der Waals surface area contributed by atoms with Crippen LogP contribution in [0.1, 0.15) is 29.7 Å². The molecule has 0 bridgehead atoms. The first-order valence-corrected chi connectivity index (χ1v) is 9.07. The monoisotopic (exact) mass is 332 g/mol. The number of rotatable bonds is 5. The molecule has 128 valence electrons. The summed E-state index contributed by atoms with van der Waals surface area (Å²) in [6, 6.07) is 19.7. The number of benzene rings is 2. The van der Waals surface area contributed by atoms with Crippen molar-refractivity contribution in [2.45, 2.75) is 38.8 Å². The molecule has 1 aliphatic rings. The fourth-order valence-corrected chi connectivity index (χ4v) is 3.64. The summed E-state index contributed by atoms with van der Waals surface area (Å²) in [5.74, 6) is 0.716. The largest absolute Gasteiger partial charge is 0.444 e. The van der Waals surface area contributed by atoms with Crippen LogP contribution in [0.25, 0.3) is 11.5 Å². The molecule has 1 atom stereocenters. The Morgan fingerprint density at radius 1 is 1.08 bits per heavy atom. The third-order valence-corrected chi connectivity index (χ3v) is 5.03. The van der Waals surface area contributed by atoms with Crippen LogP contribution in [0.2, 0.25) is 0 Å². The molecule has 1 fully saturated rings. The van der Waals surface area contributed by atoms with Gasteiger partial charge in [0.1, 0.15) is 6.26 Å². The molecule has 0 spiro atoms. The highest BCUT2D eigenvalue weighted by atomic mass is 16.3. The Kier molecular flexibility index (Phi) is 4.66. The third-order valence-electron chi connectivity index (χ3n) is 5.03. The molecule has 3 aromatic rings. The standard InChI is InChI=1S/C22H24N2O/c1-17-9-11-19(12-10-17)22-23-20(16-25-22)15-24-13-5-8-21(24)14-18-6-3-2-4-7-18/h2-4,6-7,9-12,16,21H,5,8,13-15H2,1H3/t21-/m0/s1. The molecule has 0 radical (unpaired) electrons. The zero-order valence-electron chi connectivity index (χ0n) is 14.7. The van der Waals surface area contributed by atoms with Crippen LogP contribution < -0.4 is 0 Å². The fraction of sp³-hybridized carbons (Fsp3) is 0.318. The lowest BCUT2D eigenvalue weighted by Gasteiger charge is -2.23. The molecule has 2 aromatic carbocycles. The molecule has 0 saturated carbocycles. The first-order valence-electron chi connectivity index (χ1n) is 9.07. The highest BCUT2D eigenvalue weighted by Gasteiger charge is 2.25. The van der Waals surface area contributed by atoms with Crippen LogP contribution in [0.5, 0.6) is 0 Å². The molecular formula is C22H24N2O. The number of hydrogen-bond acceptors (Lipinski definition) is 3. The van der Waals surface area contributed by atoms with Crippen LogP contribution >= 0.6 is 0 Å². The fourth-order valence-electron chi connectivity index (χ4n) is 3.64. The van der Waals surface area contributed by atoms with Crippen molar-refractivity contribution in [3.05, 3.63) is 77.7 Å². The van der Waals surface area contributed by atoms with Gasteiger partial charge in [-0.15, -0.1) is 0 Å². The predicted octanol–water partition coefficient (Wildman–Crippen LogP) is 4.86. The second-order valence-electron chi connectivity index (χ2n) is 6.97. The molecule has 1 aliphatic heterocycles. The van der Waals surface area contributed by atoms with Gasteiger partial charge in [0.2, 0.25) is 5.89 Å². The zero-order chi connectivity index (χ0) is 17.1. The minimum Gasteiger partial charge on any atom is -0.444 e. The van der Waals surface area contributed by atoms with Gasteiger partial charge in [0.05, 0.1) is 5.69 Å². The molecule has 4 rings (SSSR count). The van der Waals surface area contributed by atoms with E-state index in [2.05, 4.69) is 66.4 Å². The van der Waals surface area contributed by atoms with Gasteiger partial charge in [0.15, 0.2) is 0 Å². The second-order valence-corrected chi connectivity index (χ2v) is 6.97. The Hall–Kier alpha value is -2.39. The van der Waals surface area contributed by atoms with Gasteiger partial charge in [0.25, 0.3) is 0 Å². The van der Waals surface area contributed by atoms with E-state index in [1.54, 1.807) is 0 Å². The Morgan fingerprint density at radius 2 is 1.88 bits per heavy atom. The van der Waals surface area contributed by atoms with Crippen molar-refractivity contribution in [2.24, 2.45) is 0 Å². The van der Waals surface area contributed by atoms with Crippen molar-refractivity contribution < 1.29 is 4.42 Å². The second kappa shape index (κ2) is 7.24. The molecule has 25 heavy (non-hydrogen) atoms. The van der Waals surface area contributed by atoms with Gasteiger partial charge < -0.3 is 4.42 Å². The van der Waals surface area contributed by atoms with E-state index in [0.717, 1.165) is 30.8 Å². The average molecular weight is 332 g/mol. The summed E-state index contributed by atoms with van der Waals surface area (Å²) in [5, 5.41) is 0. The molecule has 0 N–H and O–H groups in total. The topological polar surface area (TPSA) is 29.3 Å². The highest BCUT2D eigenvalue weighted by molar-refractivity contribution is 5.53. The van der Waals surface area contributed by atoms with Gasteiger partial charge in [0, 0.05) is 18.2 Å². The van der Waals surface area contributed by atoms with E-state index in [1.165, 1.54) is 24.0 Å². The number of likely N-dealkylation sites (tertiary alicyclic amines) is 1. The van der Waals surface area contributed by atoms with Crippen molar-refractivity contribution in [1.29, 1.82) is 0 Å². The highest BCUT2D eigenvalue weighted by Crippen LogP contribution is 2.25. The summed E-state index contributed by atoms with van der Waals surface area (Å²) in [7, 11) is 0. The van der Waals surface area contributed by atoms with E-state index in [0.29, 0.717) is 11.9 Å². The average Bonchev–Trinajstić information content (AvgIpc) is 3.27.